The molecule has 6 nitrogen and oxygen atoms in total. The van der Waals surface area contributed by atoms with Gasteiger partial charge in [0.1, 0.15) is 9.99 Å². The summed E-state index contributed by atoms with van der Waals surface area (Å²) in [6.07, 6.45) is 0. The number of anilines is 1. The molecule has 0 spiro atoms. The number of nitrogens with two attached hydrogens (primary N) is 1. The van der Waals surface area contributed by atoms with Crippen LogP contribution in [0.2, 0.25) is 0 Å². The Morgan fingerprint density at radius 1 is 1.50 bits per heavy atom. The van der Waals surface area contributed by atoms with Gasteiger partial charge < -0.3 is 10.5 Å². The third kappa shape index (κ3) is 1.39. The summed E-state index contributed by atoms with van der Waals surface area (Å²) in [4.78, 5) is 7.93. The van der Waals surface area contributed by atoms with Crippen molar-refractivity contribution in [3.63, 3.8) is 0 Å². The van der Waals surface area contributed by atoms with E-state index in [9.17, 15) is 0 Å². The third-order valence-corrected chi connectivity index (χ3v) is 2.21. The molecule has 7 heteroatoms. The van der Waals surface area contributed by atoms with Crippen LogP contribution in [0.5, 0.6) is 5.88 Å². The van der Waals surface area contributed by atoms with Gasteiger partial charge in [0.2, 0.25) is 11.8 Å². The van der Waals surface area contributed by atoms with E-state index in [1.165, 1.54) is 0 Å². The Labute approximate surface area is 88.0 Å². The van der Waals surface area contributed by atoms with Crippen LogP contribution >= 0.6 is 15.9 Å². The quantitative estimate of drug-likeness (QED) is 0.841. The number of halogens is 1. The van der Waals surface area contributed by atoms with Crippen LogP contribution in [0.25, 0.3) is 11.0 Å². The molecule has 0 saturated carbocycles. The van der Waals surface area contributed by atoms with E-state index in [4.69, 9.17) is 10.5 Å². The van der Waals surface area contributed by atoms with Gasteiger partial charge in [0.15, 0.2) is 5.65 Å². The first-order chi connectivity index (χ1) is 6.72. The number of H-pyrrole nitrogens is 1. The normalized spacial score (nSPS) is 10.7. The molecule has 3 N–H and O–H groups in total. The maximum absolute atomic E-state index is 5.49. The van der Waals surface area contributed by atoms with Crippen LogP contribution in [0.4, 0.5) is 5.95 Å². The summed E-state index contributed by atoms with van der Waals surface area (Å²) in [6, 6.07) is 0. The van der Waals surface area contributed by atoms with E-state index in [-0.39, 0.29) is 5.95 Å². The van der Waals surface area contributed by atoms with E-state index < -0.39 is 0 Å². The number of nitrogens with one attached hydrogen (secondary N) is 1. The number of hydrogen-bond donors (Lipinski definition) is 2. The molecule has 0 amide bonds. The van der Waals surface area contributed by atoms with Crippen LogP contribution in [0.15, 0.2) is 4.60 Å². The van der Waals surface area contributed by atoms with Crippen molar-refractivity contribution < 1.29 is 4.74 Å². The molecule has 74 valence electrons. The zero-order valence-electron chi connectivity index (χ0n) is 7.41. The molecule has 0 radical (unpaired) electrons. The lowest BCUT2D eigenvalue weighted by Gasteiger charge is -2.03. The van der Waals surface area contributed by atoms with Crippen LogP contribution in [-0.4, -0.2) is 26.8 Å². The predicted octanol–water partition coefficient (Wildman–Crippen LogP) is 1.10. The van der Waals surface area contributed by atoms with Crippen molar-refractivity contribution in [1.82, 2.24) is 20.2 Å². The molecule has 14 heavy (non-hydrogen) atoms. The first-order valence-corrected chi connectivity index (χ1v) is 4.81. The molecule has 0 aliphatic heterocycles. The Kier molecular flexibility index (Phi) is 2.24. The van der Waals surface area contributed by atoms with Gasteiger partial charge in [0.25, 0.3) is 0 Å². The SMILES string of the molecule is CCOc1nc(N)nc2n[nH]c(Br)c12. The first-order valence-electron chi connectivity index (χ1n) is 4.02. The highest BCUT2D eigenvalue weighted by molar-refractivity contribution is 9.10. The minimum Gasteiger partial charge on any atom is -0.477 e. The van der Waals surface area contributed by atoms with Crippen molar-refractivity contribution in [2.45, 2.75) is 6.92 Å². The number of nitrogens with zero attached hydrogens (tertiary/aromatic N) is 3. The Morgan fingerprint density at radius 3 is 3.00 bits per heavy atom. The maximum atomic E-state index is 5.49. The van der Waals surface area contributed by atoms with Crippen molar-refractivity contribution in [3.8, 4) is 5.88 Å². The summed E-state index contributed by atoms with van der Waals surface area (Å²) in [6.45, 7) is 2.39. The Morgan fingerprint density at radius 2 is 2.29 bits per heavy atom. The number of aromatic amines is 1. The molecule has 0 fully saturated rings. The van der Waals surface area contributed by atoms with E-state index in [0.717, 1.165) is 0 Å². The van der Waals surface area contributed by atoms with Crippen molar-refractivity contribution in [3.05, 3.63) is 4.60 Å². The monoisotopic (exact) mass is 257 g/mol. The minimum absolute atomic E-state index is 0.153. The smallest absolute Gasteiger partial charge is 0.230 e. The van der Waals surface area contributed by atoms with E-state index in [1.807, 2.05) is 6.92 Å². The molecule has 0 unspecified atom stereocenters. The van der Waals surface area contributed by atoms with Crippen LogP contribution in [0.3, 0.4) is 0 Å². The van der Waals surface area contributed by atoms with Gasteiger partial charge in [-0.3, -0.25) is 5.10 Å². The second kappa shape index (κ2) is 3.41. The number of ether oxygens (including phenoxy) is 1. The van der Waals surface area contributed by atoms with Crippen molar-refractivity contribution >= 4 is 32.9 Å². The number of nitrogen functional groups attached to an aromatic ring is 1. The number of hydrogen-bond acceptors (Lipinski definition) is 5. The Hall–Kier alpha value is -1.37. The van der Waals surface area contributed by atoms with Gasteiger partial charge in [-0.25, -0.2) is 0 Å². The summed E-state index contributed by atoms with van der Waals surface area (Å²) in [5, 5.41) is 7.38. The van der Waals surface area contributed by atoms with E-state index in [1.54, 1.807) is 0 Å². The molecule has 2 rings (SSSR count). The van der Waals surface area contributed by atoms with E-state index >= 15 is 0 Å². The molecule has 2 aromatic heterocycles. The summed E-state index contributed by atoms with van der Waals surface area (Å²) in [5.41, 5.74) is 5.99. The van der Waals surface area contributed by atoms with Gasteiger partial charge in [0.05, 0.1) is 6.61 Å². The minimum atomic E-state index is 0.153. The van der Waals surface area contributed by atoms with Gasteiger partial charge in [-0.05, 0) is 22.9 Å². The molecule has 0 aliphatic carbocycles. The largest absolute Gasteiger partial charge is 0.477 e. The average Bonchev–Trinajstić information content (AvgIpc) is 2.48. The van der Waals surface area contributed by atoms with Crippen molar-refractivity contribution in [2.75, 3.05) is 12.3 Å². The Bertz CT molecular complexity index is 468. The second-order valence-corrected chi connectivity index (χ2v) is 3.35. The molecule has 0 atom stereocenters. The lowest BCUT2D eigenvalue weighted by atomic mass is 10.4. The fraction of sp³-hybridized carbons (Fsp3) is 0.286. The number of aromatic nitrogens is 4. The van der Waals surface area contributed by atoms with E-state index in [2.05, 4.69) is 36.1 Å². The molecule has 2 aromatic rings. The highest BCUT2D eigenvalue weighted by atomic mass is 79.9. The molecule has 0 saturated heterocycles. The lowest BCUT2D eigenvalue weighted by Crippen LogP contribution is -2.00. The second-order valence-electron chi connectivity index (χ2n) is 2.56. The molecule has 0 bridgehead atoms. The highest BCUT2D eigenvalue weighted by Crippen LogP contribution is 2.28. The first kappa shape index (κ1) is 9.20. The zero-order chi connectivity index (χ0) is 10.1. The molecular formula is C7H8BrN5O. The van der Waals surface area contributed by atoms with E-state index in [0.29, 0.717) is 28.1 Å². The summed E-state index contributed by atoms with van der Waals surface area (Å²) >= 11 is 3.29. The summed E-state index contributed by atoms with van der Waals surface area (Å²) in [5.74, 6) is 0.593. The third-order valence-electron chi connectivity index (χ3n) is 1.63. The summed E-state index contributed by atoms with van der Waals surface area (Å²) < 4.78 is 6.01. The molecule has 2 heterocycles. The fourth-order valence-corrected chi connectivity index (χ4v) is 1.55. The van der Waals surface area contributed by atoms with Gasteiger partial charge >= 0.3 is 0 Å². The fourth-order valence-electron chi connectivity index (χ4n) is 1.12. The van der Waals surface area contributed by atoms with Crippen molar-refractivity contribution in [2.24, 2.45) is 0 Å². The Balaban J connectivity index is 2.70. The summed E-state index contributed by atoms with van der Waals surface area (Å²) in [7, 11) is 0. The highest BCUT2D eigenvalue weighted by Gasteiger charge is 2.13. The predicted molar refractivity (Wildman–Crippen MR) is 55.0 cm³/mol. The van der Waals surface area contributed by atoms with Crippen molar-refractivity contribution in [1.29, 1.82) is 0 Å². The number of rotatable bonds is 2. The lowest BCUT2D eigenvalue weighted by molar-refractivity contribution is 0.331. The number of fused-ring (bicyclic) bond motifs is 1. The van der Waals surface area contributed by atoms with Gasteiger partial charge in [-0.15, -0.1) is 0 Å². The molecule has 0 aliphatic rings. The van der Waals surface area contributed by atoms with Gasteiger partial charge in [-0.1, -0.05) is 0 Å². The van der Waals surface area contributed by atoms with Crippen LogP contribution < -0.4 is 10.5 Å². The van der Waals surface area contributed by atoms with Crippen LogP contribution in [0.1, 0.15) is 6.92 Å². The maximum Gasteiger partial charge on any atom is 0.230 e. The molecular weight excluding hydrogens is 250 g/mol. The van der Waals surface area contributed by atoms with Gasteiger partial charge in [-0.2, -0.15) is 15.1 Å². The average molecular weight is 258 g/mol. The van der Waals surface area contributed by atoms with Crippen LogP contribution in [0, 0.1) is 0 Å². The molecule has 0 aromatic carbocycles. The zero-order valence-corrected chi connectivity index (χ0v) is 9.00. The van der Waals surface area contributed by atoms with Gasteiger partial charge in [0, 0.05) is 0 Å². The topological polar surface area (TPSA) is 89.7 Å². The standard InChI is InChI=1S/C7H8BrN5O/c1-2-14-6-3-4(8)12-13-5(3)10-7(9)11-6/h2H2,1H3,(H3,9,10,11,12,13). The van der Waals surface area contributed by atoms with Crippen LogP contribution in [-0.2, 0) is 0 Å².